The second-order valence-corrected chi connectivity index (χ2v) is 8.40. The van der Waals surface area contributed by atoms with Gasteiger partial charge in [-0.25, -0.2) is 10.5 Å². The number of amides is 1. The van der Waals surface area contributed by atoms with Gasteiger partial charge in [-0.3, -0.25) is 10.0 Å². The summed E-state index contributed by atoms with van der Waals surface area (Å²) in [4.78, 5) is 20.1. The zero-order valence-electron chi connectivity index (χ0n) is 16.4. The Kier molecular flexibility index (Phi) is 6.39. The number of rotatable bonds is 8. The lowest BCUT2D eigenvalue weighted by atomic mass is 10.2. The molecule has 1 amide bonds. The Morgan fingerprint density at radius 2 is 2.07 bits per heavy atom. The van der Waals surface area contributed by atoms with Crippen LogP contribution in [0.4, 0.5) is 0 Å². The van der Waals surface area contributed by atoms with Crippen molar-refractivity contribution >= 4 is 34.4 Å². The fourth-order valence-electron chi connectivity index (χ4n) is 3.89. The van der Waals surface area contributed by atoms with Crippen molar-refractivity contribution in [3.05, 3.63) is 58.1 Å². The third-order valence-electron chi connectivity index (χ3n) is 5.40. The summed E-state index contributed by atoms with van der Waals surface area (Å²) in [5.41, 5.74) is 4.57. The number of nitrogens with zero attached hydrogens (tertiary/aromatic N) is 3. The Labute approximate surface area is 174 Å². The Morgan fingerprint density at radius 1 is 1.21 bits per heavy atom. The molecule has 0 saturated carbocycles. The predicted molar refractivity (Wildman–Crippen MR) is 116 cm³/mol. The van der Waals surface area contributed by atoms with Crippen molar-refractivity contribution in [3.8, 4) is 0 Å². The molecule has 6 nitrogen and oxygen atoms in total. The van der Waals surface area contributed by atoms with Gasteiger partial charge in [0, 0.05) is 30.5 Å². The number of hydrogen-bond donors (Lipinski definition) is 2. The van der Waals surface area contributed by atoms with Crippen molar-refractivity contribution < 1.29 is 10.0 Å². The molecule has 1 aliphatic heterocycles. The fourth-order valence-corrected chi connectivity index (χ4v) is 4.60. The van der Waals surface area contributed by atoms with Crippen LogP contribution in [0, 0.1) is 0 Å². The number of benzene rings is 1. The number of carbonyl (C=O) groups excluding carboxylic acids is 1. The number of fused-ring (bicyclic) bond motifs is 1. The summed E-state index contributed by atoms with van der Waals surface area (Å²) in [5.74, 6) is 0.569. The van der Waals surface area contributed by atoms with E-state index in [0.29, 0.717) is 0 Å². The molecule has 2 N–H and O–H groups in total. The topological polar surface area (TPSA) is 70.4 Å². The average molecular weight is 411 g/mol. The second-order valence-electron chi connectivity index (χ2n) is 7.37. The van der Waals surface area contributed by atoms with Gasteiger partial charge in [0.1, 0.15) is 5.82 Å². The van der Waals surface area contributed by atoms with Gasteiger partial charge in [-0.1, -0.05) is 12.1 Å². The SMILES string of the molecule is O=C(C=Cc1ccc2c(c1)nc(CCc1cccs1)n2CCN1CCCC1)NO. The highest BCUT2D eigenvalue weighted by atomic mass is 32.1. The van der Waals surface area contributed by atoms with Crippen molar-refractivity contribution in [2.24, 2.45) is 0 Å². The number of nitrogens with one attached hydrogen (secondary N) is 1. The lowest BCUT2D eigenvalue weighted by molar-refractivity contribution is -0.124. The molecule has 0 spiro atoms. The van der Waals surface area contributed by atoms with Crippen LogP contribution in [0.5, 0.6) is 0 Å². The Morgan fingerprint density at radius 3 is 2.83 bits per heavy atom. The number of carbonyl (C=O) groups is 1. The normalized spacial score (nSPS) is 14.9. The monoisotopic (exact) mass is 410 g/mol. The van der Waals surface area contributed by atoms with Gasteiger partial charge < -0.3 is 9.47 Å². The quantitative estimate of drug-likeness (QED) is 0.339. The van der Waals surface area contributed by atoms with E-state index in [-0.39, 0.29) is 0 Å². The first-order valence-corrected chi connectivity index (χ1v) is 11.0. The zero-order chi connectivity index (χ0) is 20.1. The summed E-state index contributed by atoms with van der Waals surface area (Å²) in [6.45, 7) is 4.38. The lowest BCUT2D eigenvalue weighted by Gasteiger charge is -2.16. The van der Waals surface area contributed by atoms with Gasteiger partial charge in [-0.15, -0.1) is 11.3 Å². The van der Waals surface area contributed by atoms with Gasteiger partial charge in [0.2, 0.25) is 0 Å². The molecular formula is C22H26N4O2S. The summed E-state index contributed by atoms with van der Waals surface area (Å²) in [6, 6.07) is 10.3. The van der Waals surface area contributed by atoms with Crippen LogP contribution in [0.3, 0.4) is 0 Å². The third-order valence-corrected chi connectivity index (χ3v) is 6.34. The Hall–Kier alpha value is -2.48. The highest BCUT2D eigenvalue weighted by Gasteiger charge is 2.15. The van der Waals surface area contributed by atoms with E-state index in [0.717, 1.165) is 48.4 Å². The molecule has 152 valence electrons. The molecule has 0 radical (unpaired) electrons. The first-order valence-electron chi connectivity index (χ1n) is 10.1. The Bertz CT molecular complexity index is 988. The van der Waals surface area contributed by atoms with Crippen LogP contribution in [0.1, 0.15) is 29.1 Å². The maximum absolute atomic E-state index is 11.2. The molecule has 3 aromatic rings. The van der Waals surface area contributed by atoms with Crippen LogP contribution < -0.4 is 5.48 Å². The van der Waals surface area contributed by atoms with Crippen molar-refractivity contribution in [2.45, 2.75) is 32.2 Å². The molecule has 0 aliphatic carbocycles. The molecule has 7 heteroatoms. The predicted octanol–water partition coefficient (Wildman–Crippen LogP) is 3.50. The number of imidazole rings is 1. The molecule has 3 heterocycles. The smallest absolute Gasteiger partial charge is 0.267 e. The molecular weight excluding hydrogens is 384 g/mol. The number of hydroxylamine groups is 1. The van der Waals surface area contributed by atoms with Crippen molar-refractivity contribution in [1.82, 2.24) is 19.9 Å². The molecule has 29 heavy (non-hydrogen) atoms. The molecule has 0 atom stereocenters. The largest absolute Gasteiger partial charge is 0.327 e. The van der Waals surface area contributed by atoms with Gasteiger partial charge in [0.05, 0.1) is 11.0 Å². The summed E-state index contributed by atoms with van der Waals surface area (Å²) in [7, 11) is 0. The second kappa shape index (κ2) is 9.35. The zero-order valence-corrected chi connectivity index (χ0v) is 17.2. The molecule has 1 fully saturated rings. The third kappa shape index (κ3) is 4.93. The minimum Gasteiger partial charge on any atom is -0.327 e. The number of aromatic nitrogens is 2. The molecule has 0 bridgehead atoms. The van der Waals surface area contributed by atoms with Gasteiger partial charge in [0.15, 0.2) is 0 Å². The van der Waals surface area contributed by atoms with Crippen LogP contribution in [-0.2, 0) is 24.2 Å². The molecule has 1 aromatic carbocycles. The highest BCUT2D eigenvalue weighted by molar-refractivity contribution is 7.09. The minimum absolute atomic E-state index is 0.544. The van der Waals surface area contributed by atoms with Gasteiger partial charge >= 0.3 is 0 Å². The van der Waals surface area contributed by atoms with Crippen LogP contribution in [0.2, 0.25) is 0 Å². The number of likely N-dealkylation sites (tertiary alicyclic amines) is 1. The summed E-state index contributed by atoms with van der Waals surface area (Å²) in [6.07, 6.45) is 7.49. The molecule has 1 saturated heterocycles. The fraction of sp³-hybridized carbons (Fsp3) is 0.364. The van der Waals surface area contributed by atoms with E-state index in [9.17, 15) is 4.79 Å². The summed E-state index contributed by atoms with van der Waals surface area (Å²) >= 11 is 1.79. The molecule has 0 unspecified atom stereocenters. The Balaban J connectivity index is 1.59. The molecule has 2 aromatic heterocycles. The van der Waals surface area contributed by atoms with Crippen molar-refractivity contribution in [3.63, 3.8) is 0 Å². The van der Waals surface area contributed by atoms with Crippen molar-refractivity contribution in [2.75, 3.05) is 19.6 Å². The van der Waals surface area contributed by atoms with E-state index in [1.54, 1.807) is 22.9 Å². The van der Waals surface area contributed by atoms with E-state index >= 15 is 0 Å². The van der Waals surface area contributed by atoms with E-state index in [1.165, 1.54) is 36.9 Å². The first-order chi connectivity index (χ1) is 14.2. The maximum Gasteiger partial charge on any atom is 0.267 e. The van der Waals surface area contributed by atoms with Gasteiger partial charge in [0.25, 0.3) is 5.91 Å². The lowest BCUT2D eigenvalue weighted by Crippen LogP contribution is -2.24. The van der Waals surface area contributed by atoms with Crippen molar-refractivity contribution in [1.29, 1.82) is 0 Å². The van der Waals surface area contributed by atoms with Crippen LogP contribution in [0.25, 0.3) is 17.1 Å². The van der Waals surface area contributed by atoms with E-state index in [2.05, 4.69) is 33.0 Å². The van der Waals surface area contributed by atoms with E-state index in [4.69, 9.17) is 10.2 Å². The van der Waals surface area contributed by atoms with Crippen LogP contribution >= 0.6 is 11.3 Å². The highest BCUT2D eigenvalue weighted by Crippen LogP contribution is 2.21. The van der Waals surface area contributed by atoms with E-state index in [1.807, 2.05) is 12.1 Å². The number of aryl methyl sites for hydroxylation is 2. The first kappa shape index (κ1) is 19.8. The molecule has 4 rings (SSSR count). The number of thiophene rings is 1. The summed E-state index contributed by atoms with van der Waals surface area (Å²) < 4.78 is 2.36. The molecule has 1 aliphatic rings. The van der Waals surface area contributed by atoms with Crippen LogP contribution in [-0.4, -0.2) is 45.2 Å². The van der Waals surface area contributed by atoms with E-state index < -0.39 is 5.91 Å². The minimum atomic E-state index is -0.544. The maximum atomic E-state index is 11.2. The average Bonchev–Trinajstić information content (AvgIpc) is 3.49. The van der Waals surface area contributed by atoms with Gasteiger partial charge in [-0.2, -0.15) is 0 Å². The van der Waals surface area contributed by atoms with Crippen LogP contribution in [0.15, 0.2) is 41.8 Å². The summed E-state index contributed by atoms with van der Waals surface area (Å²) in [5, 5.41) is 10.8. The number of hydrogen-bond acceptors (Lipinski definition) is 5. The van der Waals surface area contributed by atoms with Gasteiger partial charge in [-0.05, 0) is 67.6 Å². The standard InChI is InChI=1S/C22H26N4O2S/c27-22(24-28)10-6-17-5-8-20-19(16-17)23-21(9-7-18-4-3-15-29-18)26(20)14-13-25-11-1-2-12-25/h3-6,8,10,15-16,28H,1-2,7,9,11-14H2,(H,24,27).